The number of H-pyrrole nitrogens is 1. The molecule has 1 aliphatic rings. The van der Waals surface area contributed by atoms with Crippen LogP contribution in [0.3, 0.4) is 0 Å². The fourth-order valence-electron chi connectivity index (χ4n) is 3.12. The van der Waals surface area contributed by atoms with Crippen molar-refractivity contribution < 1.29 is 9.90 Å². The Bertz CT molecular complexity index is 820. The summed E-state index contributed by atoms with van der Waals surface area (Å²) < 4.78 is 2.11. The number of carboxylic acids is 1. The topological polar surface area (TPSA) is 122 Å². The van der Waals surface area contributed by atoms with Crippen molar-refractivity contribution in [2.24, 2.45) is 5.73 Å². The van der Waals surface area contributed by atoms with E-state index >= 15 is 0 Å². The van der Waals surface area contributed by atoms with E-state index in [-0.39, 0.29) is 6.04 Å². The van der Waals surface area contributed by atoms with Gasteiger partial charge in [-0.1, -0.05) is 6.42 Å². The van der Waals surface area contributed by atoms with E-state index in [0.29, 0.717) is 5.92 Å². The molecule has 8 nitrogen and oxygen atoms in total. The van der Waals surface area contributed by atoms with Gasteiger partial charge in [-0.3, -0.25) is 9.20 Å². The predicted octanol–water partition coefficient (Wildman–Crippen LogP) is 1.68. The Balaban J connectivity index is 0.000000354. The van der Waals surface area contributed by atoms with Gasteiger partial charge in [0.1, 0.15) is 5.82 Å². The molecule has 0 radical (unpaired) electrons. The van der Waals surface area contributed by atoms with Crippen molar-refractivity contribution in [2.75, 3.05) is 0 Å². The van der Waals surface area contributed by atoms with E-state index in [2.05, 4.69) is 24.6 Å². The highest BCUT2D eigenvalue weighted by atomic mass is 16.4. The lowest BCUT2D eigenvalue weighted by Crippen LogP contribution is -2.27. The summed E-state index contributed by atoms with van der Waals surface area (Å²) in [5.41, 5.74) is 8.81. The summed E-state index contributed by atoms with van der Waals surface area (Å²) >= 11 is 0. The van der Waals surface area contributed by atoms with Crippen molar-refractivity contribution in [3.63, 3.8) is 0 Å². The van der Waals surface area contributed by atoms with Gasteiger partial charge in [0, 0.05) is 25.1 Å². The Morgan fingerprint density at radius 2 is 2.22 bits per heavy atom. The highest BCUT2D eigenvalue weighted by Gasteiger charge is 2.25. The van der Waals surface area contributed by atoms with Crippen LogP contribution < -0.4 is 5.73 Å². The van der Waals surface area contributed by atoms with Crippen LogP contribution in [-0.2, 0) is 4.79 Å². The van der Waals surface area contributed by atoms with Gasteiger partial charge >= 0.3 is 0 Å². The number of rotatable bonds is 1. The average Bonchev–Trinajstić information content (AvgIpc) is 3.12. The van der Waals surface area contributed by atoms with Gasteiger partial charge in [-0.15, -0.1) is 10.2 Å². The number of aromatic amines is 1. The number of carbonyl (C=O) groups is 1. The molecule has 0 bridgehead atoms. The number of aromatic nitrogens is 5. The molecule has 0 unspecified atom stereocenters. The first kappa shape index (κ1) is 15.4. The van der Waals surface area contributed by atoms with Crippen LogP contribution in [0, 0.1) is 0 Å². The summed E-state index contributed by atoms with van der Waals surface area (Å²) in [5.74, 6) is 0.594. The Hall–Kier alpha value is -2.48. The summed E-state index contributed by atoms with van der Waals surface area (Å²) in [5, 5.41) is 16.0. The molecule has 2 atom stereocenters. The molecule has 4 N–H and O–H groups in total. The summed E-state index contributed by atoms with van der Waals surface area (Å²) in [4.78, 5) is 16.5. The zero-order valence-corrected chi connectivity index (χ0v) is 12.9. The minimum Gasteiger partial charge on any atom is -0.481 e. The molecule has 4 rings (SSSR count). The smallest absolute Gasteiger partial charge is 0.300 e. The normalized spacial score (nSPS) is 21.1. The van der Waals surface area contributed by atoms with Crippen molar-refractivity contribution in [1.29, 1.82) is 0 Å². The first-order valence-corrected chi connectivity index (χ1v) is 7.68. The summed E-state index contributed by atoms with van der Waals surface area (Å²) in [6, 6.07) is 2.31. The lowest BCUT2D eigenvalue weighted by atomic mass is 9.85. The zero-order valence-electron chi connectivity index (χ0n) is 12.9. The van der Waals surface area contributed by atoms with Crippen LogP contribution in [0.1, 0.15) is 44.3 Å². The average molecular weight is 316 g/mol. The molecule has 8 heteroatoms. The molecule has 0 spiro atoms. The molecule has 3 aromatic rings. The van der Waals surface area contributed by atoms with E-state index in [1.165, 1.54) is 6.42 Å². The van der Waals surface area contributed by atoms with Crippen LogP contribution in [0.15, 0.2) is 18.5 Å². The van der Waals surface area contributed by atoms with Crippen molar-refractivity contribution in [2.45, 2.75) is 44.6 Å². The van der Waals surface area contributed by atoms with Gasteiger partial charge in [-0.2, -0.15) is 0 Å². The van der Waals surface area contributed by atoms with Crippen LogP contribution >= 0.6 is 0 Å². The molecule has 0 amide bonds. The highest BCUT2D eigenvalue weighted by Crippen LogP contribution is 2.32. The summed E-state index contributed by atoms with van der Waals surface area (Å²) in [6.07, 6.45) is 8.08. The minimum absolute atomic E-state index is 0.287. The SMILES string of the molecule is CC(=O)O.N[C@@H]1CCC[C@@H](c2nnc3cnc4[nH]ccc4n23)C1. The molecule has 3 heterocycles. The van der Waals surface area contributed by atoms with E-state index < -0.39 is 5.97 Å². The number of hydrogen-bond donors (Lipinski definition) is 3. The molecular formula is C15H20N6O2. The summed E-state index contributed by atoms with van der Waals surface area (Å²) in [7, 11) is 0. The van der Waals surface area contributed by atoms with Gasteiger partial charge in [0.25, 0.3) is 5.97 Å². The van der Waals surface area contributed by atoms with E-state index in [4.69, 9.17) is 15.6 Å². The second-order valence-electron chi connectivity index (χ2n) is 5.86. The molecule has 0 saturated heterocycles. The lowest BCUT2D eigenvalue weighted by Gasteiger charge is -2.25. The molecule has 1 fully saturated rings. The van der Waals surface area contributed by atoms with Crippen molar-refractivity contribution >= 4 is 22.8 Å². The molecule has 1 saturated carbocycles. The third kappa shape index (κ3) is 3.16. The van der Waals surface area contributed by atoms with Crippen LogP contribution in [0.25, 0.3) is 16.8 Å². The van der Waals surface area contributed by atoms with Gasteiger partial charge in [0.2, 0.25) is 0 Å². The highest BCUT2D eigenvalue weighted by molar-refractivity contribution is 5.74. The number of fused-ring (bicyclic) bond motifs is 3. The molecule has 0 aliphatic heterocycles. The molecule has 0 aromatic carbocycles. The Morgan fingerprint density at radius 3 is 2.96 bits per heavy atom. The van der Waals surface area contributed by atoms with Gasteiger partial charge in [-0.05, 0) is 25.3 Å². The Kier molecular flexibility index (Phi) is 4.24. The molecular weight excluding hydrogens is 296 g/mol. The van der Waals surface area contributed by atoms with Gasteiger partial charge < -0.3 is 15.8 Å². The first-order valence-electron chi connectivity index (χ1n) is 7.68. The van der Waals surface area contributed by atoms with E-state index in [9.17, 15) is 0 Å². The minimum atomic E-state index is -0.833. The monoisotopic (exact) mass is 316 g/mol. The van der Waals surface area contributed by atoms with E-state index in [1.54, 1.807) is 6.20 Å². The van der Waals surface area contributed by atoms with Crippen LogP contribution in [-0.4, -0.2) is 41.7 Å². The quantitative estimate of drug-likeness (QED) is 0.628. The number of nitrogens with two attached hydrogens (primary N) is 1. The van der Waals surface area contributed by atoms with Crippen LogP contribution in [0.2, 0.25) is 0 Å². The third-order valence-electron chi connectivity index (χ3n) is 4.05. The number of nitrogens with zero attached hydrogens (tertiary/aromatic N) is 4. The number of hydrogen-bond acceptors (Lipinski definition) is 5. The Morgan fingerprint density at radius 1 is 1.43 bits per heavy atom. The maximum atomic E-state index is 9.00. The molecule has 23 heavy (non-hydrogen) atoms. The van der Waals surface area contributed by atoms with E-state index in [0.717, 1.165) is 48.8 Å². The largest absolute Gasteiger partial charge is 0.481 e. The summed E-state index contributed by atoms with van der Waals surface area (Å²) in [6.45, 7) is 1.08. The molecule has 122 valence electrons. The first-order chi connectivity index (χ1) is 11.1. The zero-order chi connectivity index (χ0) is 16.4. The third-order valence-corrected chi connectivity index (χ3v) is 4.05. The maximum absolute atomic E-state index is 9.00. The van der Waals surface area contributed by atoms with Crippen molar-refractivity contribution in [3.05, 3.63) is 24.3 Å². The number of carboxylic acid groups (broad SMARTS) is 1. The fourth-order valence-corrected chi connectivity index (χ4v) is 3.12. The lowest BCUT2D eigenvalue weighted by molar-refractivity contribution is -0.134. The second kappa shape index (κ2) is 6.33. The number of nitrogens with one attached hydrogen (secondary N) is 1. The molecule has 1 aliphatic carbocycles. The Labute approximate surface area is 132 Å². The van der Waals surface area contributed by atoms with Gasteiger partial charge in [0.05, 0.1) is 11.7 Å². The number of aliphatic carboxylic acids is 1. The van der Waals surface area contributed by atoms with Gasteiger partial charge in [-0.25, -0.2) is 4.98 Å². The van der Waals surface area contributed by atoms with Crippen molar-refractivity contribution in [1.82, 2.24) is 24.6 Å². The van der Waals surface area contributed by atoms with E-state index in [1.807, 2.05) is 12.3 Å². The molecule has 3 aromatic heterocycles. The van der Waals surface area contributed by atoms with Crippen LogP contribution in [0.5, 0.6) is 0 Å². The van der Waals surface area contributed by atoms with Crippen LogP contribution in [0.4, 0.5) is 0 Å². The second-order valence-corrected chi connectivity index (χ2v) is 5.86. The van der Waals surface area contributed by atoms with Crippen molar-refractivity contribution in [3.8, 4) is 0 Å². The standard InChI is InChI=1S/C13H16N6.C2H4O2/c14-9-3-1-2-8(6-9)13-18-17-11-7-16-12-10(19(11)13)4-5-15-12;1-2(3)4/h4-5,7-9,15H,1-3,6,14H2;1H3,(H,3,4)/t8-,9-;/m1./s1. The maximum Gasteiger partial charge on any atom is 0.300 e. The van der Waals surface area contributed by atoms with Gasteiger partial charge in [0.15, 0.2) is 11.3 Å². The fraction of sp³-hybridized carbons (Fsp3) is 0.467. The predicted molar refractivity (Wildman–Crippen MR) is 85.1 cm³/mol.